The summed E-state index contributed by atoms with van der Waals surface area (Å²) in [6, 6.07) is 0. The van der Waals surface area contributed by atoms with Gasteiger partial charge in [0, 0.05) is 0 Å². The summed E-state index contributed by atoms with van der Waals surface area (Å²) in [6.45, 7) is -1.63. The Hall–Kier alpha value is -0.290. The summed E-state index contributed by atoms with van der Waals surface area (Å²) < 4.78 is 30.3. The van der Waals surface area contributed by atoms with Crippen LogP contribution in [-0.2, 0) is 23.3 Å². The van der Waals surface area contributed by atoms with E-state index >= 15 is 0 Å². The minimum Gasteiger partial charge on any atom is -0.394 e. The van der Waals surface area contributed by atoms with E-state index in [4.69, 9.17) is 24.0 Å². The van der Waals surface area contributed by atoms with Crippen LogP contribution in [0, 0.1) is 0 Å². The lowest BCUT2D eigenvalue weighted by atomic mass is 9.97. The van der Waals surface area contributed by atoms with Gasteiger partial charge in [-0.1, -0.05) is 0 Å². The highest BCUT2D eigenvalue weighted by Gasteiger charge is 2.50. The number of phosphoric acid groups is 1. The van der Waals surface area contributed by atoms with Crippen LogP contribution in [0.4, 0.5) is 0 Å². The molecule has 2 fully saturated rings. The number of aliphatic hydroxyl groups is 7. The number of ether oxygens (including phenoxy) is 3. The van der Waals surface area contributed by atoms with Crippen molar-refractivity contribution in [3.05, 3.63) is 0 Å². The Labute approximate surface area is 152 Å². The molecule has 0 spiro atoms. The molecule has 2 rings (SSSR count). The fourth-order valence-electron chi connectivity index (χ4n) is 2.73. The molecule has 27 heavy (non-hydrogen) atoms. The molecule has 0 aromatic heterocycles. The molecule has 2 saturated heterocycles. The van der Waals surface area contributed by atoms with Crippen molar-refractivity contribution in [3.63, 3.8) is 0 Å². The second-order valence-electron chi connectivity index (χ2n) is 6.13. The number of aliphatic hydroxyl groups excluding tert-OH is 7. The molecule has 160 valence electrons. The van der Waals surface area contributed by atoms with Gasteiger partial charge >= 0.3 is 7.82 Å². The zero-order valence-corrected chi connectivity index (χ0v) is 14.6. The molecule has 0 aromatic rings. The molecule has 0 bridgehead atoms. The third kappa shape index (κ3) is 5.41. The molecule has 0 aromatic carbocycles. The van der Waals surface area contributed by atoms with Crippen molar-refractivity contribution < 1.29 is 68.8 Å². The summed E-state index contributed by atoms with van der Waals surface area (Å²) in [4.78, 5) is 17.4. The van der Waals surface area contributed by atoms with Gasteiger partial charge in [0.2, 0.25) is 0 Å². The summed E-state index contributed by atoms with van der Waals surface area (Å²) in [5, 5.41) is 68.1. The van der Waals surface area contributed by atoms with Gasteiger partial charge in [0.25, 0.3) is 0 Å². The Kier molecular flexibility index (Phi) is 7.68. The van der Waals surface area contributed by atoms with E-state index in [1.165, 1.54) is 0 Å². The van der Waals surface area contributed by atoms with Gasteiger partial charge in [-0.2, -0.15) is 0 Å². The first-order valence-electron chi connectivity index (χ1n) is 7.82. The molecule has 9 N–H and O–H groups in total. The third-order valence-corrected chi connectivity index (χ3v) is 4.69. The molecule has 0 amide bonds. The lowest BCUT2D eigenvalue weighted by molar-refractivity contribution is -0.354. The lowest BCUT2D eigenvalue weighted by Gasteiger charge is -2.45. The smallest absolute Gasteiger partial charge is 0.394 e. The summed E-state index contributed by atoms with van der Waals surface area (Å²) in [5.41, 5.74) is 0. The van der Waals surface area contributed by atoms with E-state index in [0.717, 1.165) is 0 Å². The summed E-state index contributed by atoms with van der Waals surface area (Å²) in [5.74, 6) is 0. The van der Waals surface area contributed by atoms with Gasteiger partial charge < -0.3 is 59.7 Å². The summed E-state index contributed by atoms with van der Waals surface area (Å²) >= 11 is 0. The summed E-state index contributed by atoms with van der Waals surface area (Å²) in [7, 11) is -4.92. The average molecular weight is 422 g/mol. The SMILES string of the molecule is O=P(O)(O)OC[C@H]1O[C@@H](O[C@H]2[C@H](O)[C@H](O)[C@@H](O)O[C@@H]2CO)[C@H](O)[C@@H](O)[C@H]1O. The molecule has 2 aliphatic heterocycles. The van der Waals surface area contributed by atoms with Gasteiger partial charge in [-0.05, 0) is 0 Å². The molecular weight excluding hydrogens is 399 g/mol. The van der Waals surface area contributed by atoms with Crippen LogP contribution in [0.1, 0.15) is 0 Å². The van der Waals surface area contributed by atoms with Gasteiger partial charge in [-0.15, -0.1) is 0 Å². The van der Waals surface area contributed by atoms with E-state index in [9.17, 15) is 40.3 Å². The molecule has 2 aliphatic rings. The van der Waals surface area contributed by atoms with Crippen molar-refractivity contribution in [2.24, 2.45) is 0 Å². The first-order valence-corrected chi connectivity index (χ1v) is 9.35. The van der Waals surface area contributed by atoms with Gasteiger partial charge in [0.1, 0.15) is 48.8 Å². The van der Waals surface area contributed by atoms with Crippen molar-refractivity contribution in [1.29, 1.82) is 0 Å². The zero-order valence-electron chi connectivity index (χ0n) is 13.7. The Morgan fingerprint density at radius 3 is 2.00 bits per heavy atom. The Morgan fingerprint density at radius 2 is 1.44 bits per heavy atom. The fraction of sp³-hybridized carbons (Fsp3) is 1.00. The van der Waals surface area contributed by atoms with Crippen LogP contribution in [0.2, 0.25) is 0 Å². The first kappa shape index (κ1) is 23.0. The standard InChI is InChI=1S/C12H23O14P/c13-1-3-10(7(16)8(17)11(19)24-3)26-12-9(18)6(15)5(14)4(25-12)2-23-27(20,21)22/h3-19H,1-2H2,(H2,20,21,22)/t3-,4-,5+,6+,7-,8+,9-,10-,11+,12+/m1/s1. The largest absolute Gasteiger partial charge is 0.469 e. The highest BCUT2D eigenvalue weighted by molar-refractivity contribution is 7.46. The van der Waals surface area contributed by atoms with Gasteiger partial charge in [-0.25, -0.2) is 4.57 Å². The predicted octanol–water partition coefficient (Wildman–Crippen LogP) is -5.28. The maximum atomic E-state index is 10.8. The van der Waals surface area contributed by atoms with Crippen LogP contribution in [0.25, 0.3) is 0 Å². The van der Waals surface area contributed by atoms with E-state index < -0.39 is 82.4 Å². The quantitative estimate of drug-likeness (QED) is 0.182. The second-order valence-corrected chi connectivity index (χ2v) is 7.37. The third-order valence-electron chi connectivity index (χ3n) is 4.21. The van der Waals surface area contributed by atoms with Crippen LogP contribution >= 0.6 is 7.82 Å². The van der Waals surface area contributed by atoms with Gasteiger partial charge in [0.05, 0.1) is 13.2 Å². The van der Waals surface area contributed by atoms with Crippen molar-refractivity contribution in [3.8, 4) is 0 Å². The van der Waals surface area contributed by atoms with E-state index in [-0.39, 0.29) is 0 Å². The van der Waals surface area contributed by atoms with Crippen LogP contribution in [0.5, 0.6) is 0 Å². The van der Waals surface area contributed by atoms with Crippen molar-refractivity contribution in [2.45, 2.75) is 61.4 Å². The molecule has 2 heterocycles. The Balaban J connectivity index is 2.11. The molecular formula is C12H23O14P. The van der Waals surface area contributed by atoms with Crippen LogP contribution in [0.15, 0.2) is 0 Å². The highest BCUT2D eigenvalue weighted by atomic mass is 31.2. The van der Waals surface area contributed by atoms with Crippen LogP contribution in [0.3, 0.4) is 0 Å². The van der Waals surface area contributed by atoms with Gasteiger partial charge in [-0.3, -0.25) is 4.52 Å². The van der Waals surface area contributed by atoms with Crippen LogP contribution in [-0.4, -0.2) is 120 Å². The maximum Gasteiger partial charge on any atom is 0.469 e. The minimum atomic E-state index is -4.92. The molecule has 0 unspecified atom stereocenters. The molecule has 0 saturated carbocycles. The zero-order chi connectivity index (χ0) is 20.5. The molecule has 10 atom stereocenters. The number of hydrogen-bond donors (Lipinski definition) is 9. The van der Waals surface area contributed by atoms with Crippen molar-refractivity contribution in [2.75, 3.05) is 13.2 Å². The lowest BCUT2D eigenvalue weighted by Crippen LogP contribution is -2.64. The molecule has 0 radical (unpaired) electrons. The fourth-order valence-corrected chi connectivity index (χ4v) is 3.07. The minimum absolute atomic E-state index is 0.760. The van der Waals surface area contributed by atoms with Crippen molar-refractivity contribution >= 4 is 7.82 Å². The van der Waals surface area contributed by atoms with E-state index in [1.54, 1.807) is 0 Å². The number of phosphoric ester groups is 1. The van der Waals surface area contributed by atoms with E-state index in [0.29, 0.717) is 0 Å². The van der Waals surface area contributed by atoms with Gasteiger partial charge in [0.15, 0.2) is 12.6 Å². The highest BCUT2D eigenvalue weighted by Crippen LogP contribution is 2.37. The van der Waals surface area contributed by atoms with Crippen LogP contribution < -0.4 is 0 Å². The van der Waals surface area contributed by atoms with E-state index in [1.807, 2.05) is 0 Å². The topological polar surface area (TPSA) is 236 Å². The number of hydrogen-bond acceptors (Lipinski definition) is 12. The normalized spacial score (nSPS) is 46.4. The number of rotatable bonds is 6. The Morgan fingerprint density at radius 1 is 0.815 bits per heavy atom. The maximum absolute atomic E-state index is 10.8. The van der Waals surface area contributed by atoms with Crippen molar-refractivity contribution in [1.82, 2.24) is 0 Å². The molecule has 0 aliphatic carbocycles. The average Bonchev–Trinajstić information content (AvgIpc) is 2.60. The van der Waals surface area contributed by atoms with E-state index in [2.05, 4.69) is 4.52 Å². The summed E-state index contributed by atoms with van der Waals surface area (Å²) in [6.07, 6.45) is -17.1. The molecule has 15 heteroatoms. The predicted molar refractivity (Wildman–Crippen MR) is 79.5 cm³/mol. The first-order chi connectivity index (χ1) is 12.5. The second kappa shape index (κ2) is 9.02. The molecule has 14 nitrogen and oxygen atoms in total. The monoisotopic (exact) mass is 422 g/mol. The Bertz CT molecular complexity index is 526.